The van der Waals surface area contributed by atoms with Gasteiger partial charge in [-0.15, -0.1) is 0 Å². The van der Waals surface area contributed by atoms with E-state index < -0.39 is 0 Å². The molecule has 0 fully saturated rings. The Bertz CT molecular complexity index is 1790. The summed E-state index contributed by atoms with van der Waals surface area (Å²) < 4.78 is 5.59. The van der Waals surface area contributed by atoms with Crippen LogP contribution in [-0.2, 0) is 4.79 Å². The number of hydrogen-bond acceptors (Lipinski definition) is 7. The number of para-hydroxylation sites is 1. The first kappa shape index (κ1) is 29.0. The van der Waals surface area contributed by atoms with Gasteiger partial charge in [0.25, 0.3) is 5.91 Å². The second-order valence-electron chi connectivity index (χ2n) is 10.2. The van der Waals surface area contributed by atoms with Crippen LogP contribution in [0.3, 0.4) is 0 Å². The predicted octanol–water partition coefficient (Wildman–Crippen LogP) is 5.99. The van der Waals surface area contributed by atoms with Gasteiger partial charge in [-0.05, 0) is 69.6 Å². The molecule has 0 saturated heterocycles. The zero-order chi connectivity index (χ0) is 30.3. The number of fused-ring (bicyclic) bond motifs is 1. The third-order valence-electron chi connectivity index (χ3n) is 6.64. The Kier molecular flexibility index (Phi) is 8.78. The van der Waals surface area contributed by atoms with Crippen molar-refractivity contribution in [3.05, 3.63) is 102 Å². The number of nitrogens with zero attached hydrogens (tertiary/aromatic N) is 3. The highest BCUT2D eigenvalue weighted by Gasteiger charge is 2.18. The summed E-state index contributed by atoms with van der Waals surface area (Å²) in [6, 6.07) is 22.1. The van der Waals surface area contributed by atoms with Crippen LogP contribution in [0.4, 0.5) is 23.0 Å². The molecular weight excluding hydrogens is 542 g/mol. The number of aryl methyl sites for hydroxylation is 1. The van der Waals surface area contributed by atoms with E-state index in [0.29, 0.717) is 46.6 Å². The molecule has 10 nitrogen and oxygen atoms in total. The van der Waals surface area contributed by atoms with Crippen LogP contribution in [0.1, 0.15) is 16.1 Å². The number of hydrogen-bond donors (Lipinski definition) is 4. The van der Waals surface area contributed by atoms with E-state index in [1.807, 2.05) is 62.3 Å². The molecule has 0 aliphatic heterocycles. The third-order valence-corrected chi connectivity index (χ3v) is 6.64. The third kappa shape index (κ3) is 7.06. The lowest BCUT2D eigenvalue weighted by Gasteiger charge is -2.12. The number of nitrogens with one attached hydrogen (secondary N) is 4. The molecule has 0 atom stereocenters. The molecule has 5 rings (SSSR count). The molecule has 43 heavy (non-hydrogen) atoms. The van der Waals surface area contributed by atoms with E-state index in [0.717, 1.165) is 22.2 Å². The number of methoxy groups -OCH3 is 1. The van der Waals surface area contributed by atoms with E-state index in [4.69, 9.17) is 9.72 Å². The summed E-state index contributed by atoms with van der Waals surface area (Å²) in [6.07, 6.45) is 4.91. The summed E-state index contributed by atoms with van der Waals surface area (Å²) in [5.41, 5.74) is 5.96. The van der Waals surface area contributed by atoms with Gasteiger partial charge in [-0.1, -0.05) is 30.3 Å². The van der Waals surface area contributed by atoms with Gasteiger partial charge in [0.15, 0.2) is 5.75 Å². The fourth-order valence-corrected chi connectivity index (χ4v) is 4.61. The van der Waals surface area contributed by atoms with Crippen molar-refractivity contribution >= 4 is 45.7 Å². The molecule has 10 heteroatoms. The number of H-pyrrole nitrogens is 1. The maximum Gasteiger partial charge on any atom is 0.255 e. The average Bonchev–Trinajstić information content (AvgIpc) is 3.33. The Morgan fingerprint density at radius 1 is 0.953 bits per heavy atom. The molecule has 2 heterocycles. The monoisotopic (exact) mass is 575 g/mol. The lowest BCUT2D eigenvalue weighted by molar-refractivity contribution is -0.111. The van der Waals surface area contributed by atoms with Crippen LogP contribution in [0.5, 0.6) is 5.75 Å². The highest BCUT2D eigenvalue weighted by Crippen LogP contribution is 2.36. The number of rotatable bonds is 10. The van der Waals surface area contributed by atoms with Crippen molar-refractivity contribution in [2.45, 2.75) is 6.92 Å². The van der Waals surface area contributed by atoms with Gasteiger partial charge in [0, 0.05) is 57.4 Å². The van der Waals surface area contributed by atoms with Crippen molar-refractivity contribution in [2.75, 3.05) is 43.7 Å². The maximum atomic E-state index is 12.9. The zero-order valence-electron chi connectivity index (χ0n) is 24.4. The Hall–Kier alpha value is -5.48. The fraction of sp³-hybridized carbons (Fsp3) is 0.152. The number of benzene rings is 3. The summed E-state index contributed by atoms with van der Waals surface area (Å²) in [5.74, 6) is 0.440. The van der Waals surface area contributed by atoms with E-state index in [-0.39, 0.29) is 11.8 Å². The van der Waals surface area contributed by atoms with E-state index in [1.54, 1.807) is 55.8 Å². The van der Waals surface area contributed by atoms with Crippen molar-refractivity contribution in [1.82, 2.24) is 19.9 Å². The van der Waals surface area contributed by atoms with Gasteiger partial charge < -0.3 is 30.6 Å². The Morgan fingerprint density at radius 3 is 2.49 bits per heavy atom. The van der Waals surface area contributed by atoms with Gasteiger partial charge in [-0.2, -0.15) is 0 Å². The van der Waals surface area contributed by atoms with Crippen LogP contribution in [0.25, 0.3) is 22.2 Å². The molecule has 4 N–H and O–H groups in total. The summed E-state index contributed by atoms with van der Waals surface area (Å²) in [7, 11) is 5.45. The van der Waals surface area contributed by atoms with Gasteiger partial charge in [0.2, 0.25) is 11.9 Å². The van der Waals surface area contributed by atoms with Crippen molar-refractivity contribution in [3.8, 4) is 17.0 Å². The van der Waals surface area contributed by atoms with Gasteiger partial charge >= 0.3 is 0 Å². The Labute approximate surface area is 249 Å². The number of anilines is 4. The number of aromatic amines is 1. The standard InChI is InChI=1S/C33H33N7O3/c1-21-30(26-11-5-6-12-27(26)35-21)31-28(43-4)20-34-33(39-31)38-25-10-7-9-24(19-25)37-32(42)22-14-16-23(17-15-22)36-29(41)13-8-18-40(2)3/h5-17,19-20,35H,18H2,1-4H3,(H,36,41)(H,37,42)(H,34,38,39)/b13-8+. The minimum Gasteiger partial charge on any atom is -0.493 e. The van der Waals surface area contributed by atoms with Crippen molar-refractivity contribution in [1.29, 1.82) is 0 Å². The quantitative estimate of drug-likeness (QED) is 0.151. The minimum absolute atomic E-state index is 0.229. The van der Waals surface area contributed by atoms with Gasteiger partial charge in [0.1, 0.15) is 5.69 Å². The molecular formula is C33H33N7O3. The molecule has 2 aromatic heterocycles. The second-order valence-corrected chi connectivity index (χ2v) is 10.2. The smallest absolute Gasteiger partial charge is 0.255 e. The van der Waals surface area contributed by atoms with E-state index >= 15 is 0 Å². The zero-order valence-corrected chi connectivity index (χ0v) is 24.4. The highest BCUT2D eigenvalue weighted by atomic mass is 16.5. The fourth-order valence-electron chi connectivity index (χ4n) is 4.61. The molecule has 0 aliphatic rings. The minimum atomic E-state index is -0.279. The predicted molar refractivity (Wildman–Crippen MR) is 171 cm³/mol. The number of carbonyl (C=O) groups is 2. The van der Waals surface area contributed by atoms with Crippen LogP contribution in [-0.4, -0.2) is 59.4 Å². The average molecular weight is 576 g/mol. The first-order valence-electron chi connectivity index (χ1n) is 13.7. The number of carbonyl (C=O) groups excluding carboxylic acids is 2. The summed E-state index contributed by atoms with van der Waals surface area (Å²) in [5, 5.41) is 9.98. The topological polar surface area (TPSA) is 124 Å². The molecule has 0 aliphatic carbocycles. The van der Waals surface area contributed by atoms with E-state index in [2.05, 4.69) is 25.9 Å². The highest BCUT2D eigenvalue weighted by molar-refractivity contribution is 6.05. The molecule has 0 unspecified atom stereocenters. The van der Waals surface area contributed by atoms with Crippen LogP contribution >= 0.6 is 0 Å². The van der Waals surface area contributed by atoms with Gasteiger partial charge in [-0.3, -0.25) is 9.59 Å². The lowest BCUT2D eigenvalue weighted by atomic mass is 10.1. The molecule has 2 amide bonds. The number of ether oxygens (including phenoxy) is 1. The molecule has 3 aromatic carbocycles. The SMILES string of the molecule is COc1cnc(Nc2cccc(NC(=O)c3ccc(NC(=O)/C=C/CN(C)C)cc3)c2)nc1-c1c(C)[nH]c2ccccc12. The molecule has 5 aromatic rings. The summed E-state index contributed by atoms with van der Waals surface area (Å²) in [6.45, 7) is 2.67. The number of likely N-dealkylation sites (N-methyl/N-ethyl adjacent to an activating group) is 1. The largest absolute Gasteiger partial charge is 0.493 e. The van der Waals surface area contributed by atoms with Crippen molar-refractivity contribution in [3.63, 3.8) is 0 Å². The molecule has 218 valence electrons. The van der Waals surface area contributed by atoms with Crippen molar-refractivity contribution in [2.24, 2.45) is 0 Å². The number of aromatic nitrogens is 3. The first-order chi connectivity index (χ1) is 20.8. The van der Waals surface area contributed by atoms with Crippen molar-refractivity contribution < 1.29 is 14.3 Å². The number of amides is 2. The molecule has 0 spiro atoms. The van der Waals surface area contributed by atoms with Crippen LogP contribution in [0.15, 0.2) is 91.1 Å². The molecule has 0 saturated carbocycles. The second kappa shape index (κ2) is 13.0. The van der Waals surface area contributed by atoms with Gasteiger partial charge in [0.05, 0.1) is 13.3 Å². The summed E-state index contributed by atoms with van der Waals surface area (Å²) >= 11 is 0. The molecule has 0 radical (unpaired) electrons. The van der Waals surface area contributed by atoms with E-state index in [1.165, 1.54) is 6.08 Å². The maximum absolute atomic E-state index is 12.9. The lowest BCUT2D eigenvalue weighted by Crippen LogP contribution is -2.13. The summed E-state index contributed by atoms with van der Waals surface area (Å²) in [4.78, 5) is 39.6. The van der Waals surface area contributed by atoms with Gasteiger partial charge in [-0.25, -0.2) is 9.97 Å². The first-order valence-corrected chi connectivity index (χ1v) is 13.7. The van der Waals surface area contributed by atoms with Crippen LogP contribution in [0.2, 0.25) is 0 Å². The van der Waals surface area contributed by atoms with Crippen LogP contribution < -0.4 is 20.7 Å². The van der Waals surface area contributed by atoms with E-state index in [9.17, 15) is 9.59 Å². The Morgan fingerprint density at radius 2 is 1.72 bits per heavy atom. The Balaban J connectivity index is 1.28. The molecule has 0 bridgehead atoms. The normalized spacial score (nSPS) is 11.2. The van der Waals surface area contributed by atoms with Crippen LogP contribution in [0, 0.1) is 6.92 Å².